The first-order valence-electron chi connectivity index (χ1n) is 6.86. The van der Waals surface area contributed by atoms with Gasteiger partial charge in [0.1, 0.15) is 0 Å². The summed E-state index contributed by atoms with van der Waals surface area (Å²) in [5, 5.41) is 0. The maximum absolute atomic E-state index is 12.5. The number of benzene rings is 1. The summed E-state index contributed by atoms with van der Waals surface area (Å²) in [7, 11) is -3.48. The van der Waals surface area contributed by atoms with Crippen molar-refractivity contribution in [1.82, 2.24) is 4.72 Å². The van der Waals surface area contributed by atoms with Gasteiger partial charge in [0.15, 0.2) is 0 Å². The summed E-state index contributed by atoms with van der Waals surface area (Å²) in [6.45, 7) is 6.24. The molecule has 6 heteroatoms. The van der Waals surface area contributed by atoms with Crippen molar-refractivity contribution in [2.45, 2.75) is 44.7 Å². The third-order valence-corrected chi connectivity index (χ3v) is 5.78. The molecule has 1 aromatic carbocycles. The number of nitrogens with one attached hydrogen (secondary N) is 1. The Labute approximate surface area is 126 Å². The quantitative estimate of drug-likeness (QED) is 0.770. The van der Waals surface area contributed by atoms with Crippen molar-refractivity contribution >= 4 is 21.8 Å². The van der Waals surface area contributed by atoms with Crippen LogP contribution in [0.3, 0.4) is 0 Å². The van der Waals surface area contributed by atoms with Crippen molar-refractivity contribution in [2.75, 3.05) is 11.5 Å². The average Bonchev–Trinajstić information content (AvgIpc) is 2.43. The summed E-state index contributed by atoms with van der Waals surface area (Å²) in [6, 6.07) is 5.33. The van der Waals surface area contributed by atoms with Crippen LogP contribution in [0.2, 0.25) is 0 Å². The summed E-state index contributed by atoms with van der Waals surface area (Å²) in [5.41, 5.74) is 7.26. The normalized spacial score (nSPS) is 13.4. The summed E-state index contributed by atoms with van der Waals surface area (Å²) in [5.74, 6) is 1.75. The highest BCUT2D eigenvalue weighted by molar-refractivity contribution is 7.99. The molecule has 1 unspecified atom stereocenters. The zero-order valence-electron chi connectivity index (χ0n) is 12.3. The van der Waals surface area contributed by atoms with Crippen LogP contribution in [-0.4, -0.2) is 26.0 Å². The second-order valence-corrected chi connectivity index (χ2v) is 7.68. The number of nitrogens with two attached hydrogens (primary N) is 1. The van der Waals surface area contributed by atoms with E-state index in [1.807, 2.05) is 26.0 Å². The van der Waals surface area contributed by atoms with Gasteiger partial charge in [-0.25, -0.2) is 13.1 Å². The molecule has 0 fully saturated rings. The summed E-state index contributed by atoms with van der Waals surface area (Å²) < 4.78 is 27.7. The minimum atomic E-state index is -3.48. The molecular formula is C14H24N2O2S2. The van der Waals surface area contributed by atoms with Gasteiger partial charge in [-0.3, -0.25) is 0 Å². The molecular weight excluding hydrogens is 292 g/mol. The topological polar surface area (TPSA) is 72.2 Å². The van der Waals surface area contributed by atoms with E-state index in [2.05, 4.69) is 11.6 Å². The van der Waals surface area contributed by atoms with E-state index in [0.29, 0.717) is 17.9 Å². The Hall–Kier alpha value is -0.560. The maximum atomic E-state index is 12.5. The van der Waals surface area contributed by atoms with Crippen LogP contribution in [0.1, 0.15) is 31.9 Å². The lowest BCUT2D eigenvalue weighted by Gasteiger charge is -2.16. The van der Waals surface area contributed by atoms with Crippen LogP contribution in [-0.2, 0) is 23.0 Å². The average molecular weight is 316 g/mol. The standard InChI is InChI=1S/C14H24N2O2S2/c1-4-13-7-6-12(9-15)8-14(13)20(17,18)16-11(3)10-19-5-2/h6-8,11,16H,4-5,9-10,15H2,1-3H3. The molecule has 0 spiro atoms. The lowest BCUT2D eigenvalue weighted by molar-refractivity contribution is 0.570. The van der Waals surface area contributed by atoms with Gasteiger partial charge in [0.05, 0.1) is 4.90 Å². The zero-order valence-corrected chi connectivity index (χ0v) is 14.0. The molecule has 114 valence electrons. The van der Waals surface area contributed by atoms with Gasteiger partial charge in [-0.15, -0.1) is 0 Å². The number of sulfonamides is 1. The van der Waals surface area contributed by atoms with Gasteiger partial charge in [0.2, 0.25) is 10.0 Å². The van der Waals surface area contributed by atoms with E-state index < -0.39 is 10.0 Å². The Morgan fingerprint density at radius 3 is 2.60 bits per heavy atom. The van der Waals surface area contributed by atoms with E-state index >= 15 is 0 Å². The van der Waals surface area contributed by atoms with E-state index in [9.17, 15) is 8.42 Å². The van der Waals surface area contributed by atoms with Crippen LogP contribution >= 0.6 is 11.8 Å². The monoisotopic (exact) mass is 316 g/mol. The molecule has 3 N–H and O–H groups in total. The first-order chi connectivity index (χ1) is 9.44. The van der Waals surface area contributed by atoms with Crippen LogP contribution in [0, 0.1) is 0 Å². The third-order valence-electron chi connectivity index (χ3n) is 2.97. The van der Waals surface area contributed by atoms with Crippen LogP contribution < -0.4 is 10.5 Å². The Morgan fingerprint density at radius 2 is 2.05 bits per heavy atom. The number of rotatable bonds is 8. The van der Waals surface area contributed by atoms with Gasteiger partial charge in [-0.2, -0.15) is 11.8 Å². The highest BCUT2D eigenvalue weighted by Gasteiger charge is 2.20. The fraction of sp³-hybridized carbons (Fsp3) is 0.571. The largest absolute Gasteiger partial charge is 0.326 e. The molecule has 0 aliphatic rings. The highest BCUT2D eigenvalue weighted by Crippen LogP contribution is 2.19. The maximum Gasteiger partial charge on any atom is 0.241 e. The van der Waals surface area contributed by atoms with Gasteiger partial charge < -0.3 is 5.73 Å². The van der Waals surface area contributed by atoms with Crippen molar-refractivity contribution in [3.63, 3.8) is 0 Å². The molecule has 0 aliphatic heterocycles. The summed E-state index contributed by atoms with van der Waals surface area (Å²) in [4.78, 5) is 0.358. The van der Waals surface area contributed by atoms with Crippen LogP contribution in [0.5, 0.6) is 0 Å². The van der Waals surface area contributed by atoms with E-state index in [1.165, 1.54) is 0 Å². The van der Waals surface area contributed by atoms with E-state index in [0.717, 1.165) is 22.6 Å². The molecule has 1 rings (SSSR count). The van der Waals surface area contributed by atoms with Gasteiger partial charge in [-0.1, -0.05) is 26.0 Å². The molecule has 0 saturated heterocycles. The molecule has 0 amide bonds. The smallest absolute Gasteiger partial charge is 0.241 e. The fourth-order valence-corrected chi connectivity index (χ4v) is 4.31. The van der Waals surface area contributed by atoms with Gasteiger partial charge >= 0.3 is 0 Å². The second kappa shape index (κ2) is 8.02. The van der Waals surface area contributed by atoms with E-state index in [4.69, 9.17) is 5.73 Å². The van der Waals surface area contributed by atoms with Crippen LogP contribution in [0.25, 0.3) is 0 Å². The van der Waals surface area contributed by atoms with E-state index in [1.54, 1.807) is 17.8 Å². The molecule has 0 bridgehead atoms. The molecule has 0 radical (unpaired) electrons. The Balaban J connectivity index is 3.01. The zero-order chi connectivity index (χ0) is 15.2. The third kappa shape index (κ3) is 4.77. The van der Waals surface area contributed by atoms with Crippen molar-refractivity contribution in [1.29, 1.82) is 0 Å². The van der Waals surface area contributed by atoms with Crippen molar-refractivity contribution in [3.8, 4) is 0 Å². The van der Waals surface area contributed by atoms with Crippen molar-refractivity contribution in [2.24, 2.45) is 5.73 Å². The first kappa shape index (κ1) is 17.5. The molecule has 1 atom stereocenters. The fourth-order valence-electron chi connectivity index (χ4n) is 1.93. The molecule has 1 aromatic rings. The lowest BCUT2D eigenvalue weighted by atomic mass is 10.1. The van der Waals surface area contributed by atoms with E-state index in [-0.39, 0.29) is 6.04 Å². The SMILES string of the molecule is CCSCC(C)NS(=O)(=O)c1cc(CN)ccc1CC. The van der Waals surface area contributed by atoms with Crippen LogP contribution in [0.4, 0.5) is 0 Å². The first-order valence-corrected chi connectivity index (χ1v) is 9.50. The molecule has 20 heavy (non-hydrogen) atoms. The summed E-state index contributed by atoms with van der Waals surface area (Å²) >= 11 is 1.72. The van der Waals surface area contributed by atoms with Gasteiger partial charge in [0, 0.05) is 18.3 Å². The lowest BCUT2D eigenvalue weighted by Crippen LogP contribution is -2.35. The van der Waals surface area contributed by atoms with Crippen LogP contribution in [0.15, 0.2) is 23.1 Å². The van der Waals surface area contributed by atoms with Crippen molar-refractivity contribution in [3.05, 3.63) is 29.3 Å². The predicted octanol–water partition coefficient (Wildman–Crippen LogP) is 2.13. The molecule has 0 saturated carbocycles. The molecule has 4 nitrogen and oxygen atoms in total. The van der Waals surface area contributed by atoms with Gasteiger partial charge in [-0.05, 0) is 36.3 Å². The highest BCUT2D eigenvalue weighted by atomic mass is 32.2. The summed E-state index contributed by atoms with van der Waals surface area (Å²) in [6.07, 6.45) is 0.680. The molecule has 0 heterocycles. The van der Waals surface area contributed by atoms with Crippen molar-refractivity contribution < 1.29 is 8.42 Å². The Kier molecular flexibility index (Phi) is 7.02. The number of thioether (sulfide) groups is 1. The number of hydrogen-bond acceptors (Lipinski definition) is 4. The Bertz CT molecular complexity index is 530. The predicted molar refractivity (Wildman–Crippen MR) is 86.5 cm³/mol. The van der Waals surface area contributed by atoms with Gasteiger partial charge in [0.25, 0.3) is 0 Å². The number of hydrogen-bond donors (Lipinski definition) is 2. The molecule has 0 aliphatic carbocycles. The minimum absolute atomic E-state index is 0.0869. The number of aryl methyl sites for hydroxylation is 1. The Morgan fingerprint density at radius 1 is 1.35 bits per heavy atom. The second-order valence-electron chi connectivity index (χ2n) is 4.68. The minimum Gasteiger partial charge on any atom is -0.326 e. The molecule has 0 aromatic heterocycles.